The molecular formula is C30H34N4O3. The number of nitrogens with zero attached hydrogens (tertiary/aromatic N) is 3. The average molecular weight is 499 g/mol. The second-order valence-electron chi connectivity index (χ2n) is 10.3. The van der Waals surface area contributed by atoms with Crippen LogP contribution >= 0.6 is 0 Å². The van der Waals surface area contributed by atoms with Gasteiger partial charge in [-0.15, -0.1) is 0 Å². The van der Waals surface area contributed by atoms with Gasteiger partial charge in [0.05, 0.1) is 21.9 Å². The highest BCUT2D eigenvalue weighted by molar-refractivity contribution is 6.22. The zero-order valence-corrected chi connectivity index (χ0v) is 21.8. The number of rotatable bonds is 10. The van der Waals surface area contributed by atoms with Crippen molar-refractivity contribution in [1.29, 1.82) is 0 Å². The number of aromatic amines is 1. The van der Waals surface area contributed by atoms with E-state index in [0.717, 1.165) is 30.9 Å². The van der Waals surface area contributed by atoms with Crippen molar-refractivity contribution in [2.24, 2.45) is 16.8 Å². The van der Waals surface area contributed by atoms with Crippen molar-refractivity contribution in [2.75, 3.05) is 13.1 Å². The lowest BCUT2D eigenvalue weighted by molar-refractivity contribution is -0.384. The molecule has 0 atom stereocenters. The highest BCUT2D eigenvalue weighted by atomic mass is 16.6. The summed E-state index contributed by atoms with van der Waals surface area (Å²) in [6.45, 7) is 11.9. The summed E-state index contributed by atoms with van der Waals surface area (Å²) < 4.78 is 0. The van der Waals surface area contributed by atoms with Crippen molar-refractivity contribution in [3.05, 3.63) is 99.6 Å². The van der Waals surface area contributed by atoms with Crippen LogP contribution in [0.5, 0.6) is 5.88 Å². The summed E-state index contributed by atoms with van der Waals surface area (Å²) in [7, 11) is 0. The standard InChI is InChI=1S/C30H34N4O3/c1-20(2)17-33(18-21(3)4)19-22-10-12-24(13-11-22)31-29(23-8-6-5-7-9-23)28-26-16-25(34(36)37)14-15-27(26)32-30(28)35/h5-16,20-21,32,35H,17-19H2,1-4H3. The predicted octanol–water partition coefficient (Wildman–Crippen LogP) is 7.06. The Bertz CT molecular complexity index is 1380. The lowest BCUT2D eigenvalue weighted by Crippen LogP contribution is -2.30. The summed E-state index contributed by atoms with van der Waals surface area (Å²) in [5.74, 6) is 1.11. The van der Waals surface area contributed by atoms with E-state index in [2.05, 4.69) is 49.7 Å². The lowest BCUT2D eigenvalue weighted by atomic mass is 10.0. The maximum Gasteiger partial charge on any atom is 0.270 e. The van der Waals surface area contributed by atoms with Gasteiger partial charge in [0.2, 0.25) is 0 Å². The van der Waals surface area contributed by atoms with Gasteiger partial charge in [-0.25, -0.2) is 4.99 Å². The number of nitrogens with one attached hydrogen (secondary N) is 1. The summed E-state index contributed by atoms with van der Waals surface area (Å²) in [6, 6.07) is 22.2. The minimum Gasteiger partial charge on any atom is -0.494 e. The van der Waals surface area contributed by atoms with E-state index in [4.69, 9.17) is 4.99 Å². The van der Waals surface area contributed by atoms with Crippen molar-refractivity contribution in [3.8, 4) is 5.88 Å². The second kappa shape index (κ2) is 11.4. The van der Waals surface area contributed by atoms with Crippen LogP contribution < -0.4 is 0 Å². The Labute approximate surface area is 217 Å². The minimum atomic E-state index is -0.437. The van der Waals surface area contributed by atoms with E-state index < -0.39 is 4.92 Å². The summed E-state index contributed by atoms with van der Waals surface area (Å²) in [5.41, 5.74) is 4.29. The molecule has 192 valence electrons. The quantitative estimate of drug-likeness (QED) is 0.139. The lowest BCUT2D eigenvalue weighted by Gasteiger charge is -2.26. The van der Waals surface area contributed by atoms with E-state index in [-0.39, 0.29) is 11.6 Å². The number of nitro groups is 1. The van der Waals surface area contributed by atoms with Crippen molar-refractivity contribution in [3.63, 3.8) is 0 Å². The van der Waals surface area contributed by atoms with Gasteiger partial charge in [0, 0.05) is 48.2 Å². The minimum absolute atomic E-state index is 0.0446. The fraction of sp³-hybridized carbons (Fsp3) is 0.300. The molecule has 0 radical (unpaired) electrons. The normalized spacial score (nSPS) is 12.2. The van der Waals surface area contributed by atoms with Crippen LogP contribution in [0.1, 0.15) is 44.4 Å². The number of aromatic nitrogens is 1. The summed E-state index contributed by atoms with van der Waals surface area (Å²) in [6.07, 6.45) is 0. The van der Waals surface area contributed by atoms with Crippen LogP contribution in [-0.4, -0.2) is 38.7 Å². The Morgan fingerprint density at radius 2 is 1.62 bits per heavy atom. The van der Waals surface area contributed by atoms with Crippen molar-refractivity contribution < 1.29 is 10.0 Å². The number of aromatic hydroxyl groups is 1. The molecule has 0 fully saturated rings. The number of H-pyrrole nitrogens is 1. The maximum atomic E-state index is 11.4. The van der Waals surface area contributed by atoms with E-state index in [1.165, 1.54) is 17.7 Å². The molecule has 0 unspecified atom stereocenters. The van der Waals surface area contributed by atoms with Gasteiger partial charge in [-0.3, -0.25) is 15.0 Å². The largest absolute Gasteiger partial charge is 0.494 e. The Balaban J connectivity index is 1.74. The Morgan fingerprint density at radius 1 is 0.973 bits per heavy atom. The molecule has 0 aliphatic heterocycles. The zero-order chi connectivity index (χ0) is 26.5. The van der Waals surface area contributed by atoms with Gasteiger partial charge in [-0.1, -0.05) is 70.2 Å². The number of benzene rings is 3. The molecule has 2 N–H and O–H groups in total. The molecule has 1 aromatic heterocycles. The molecule has 4 rings (SSSR count). The number of non-ortho nitro benzene ring substituents is 1. The average Bonchev–Trinajstić information content (AvgIpc) is 3.18. The van der Waals surface area contributed by atoms with Gasteiger partial charge in [0.25, 0.3) is 5.69 Å². The van der Waals surface area contributed by atoms with E-state index >= 15 is 0 Å². The smallest absolute Gasteiger partial charge is 0.270 e. The van der Waals surface area contributed by atoms with Crippen LogP contribution in [0, 0.1) is 22.0 Å². The number of hydrogen-bond donors (Lipinski definition) is 2. The highest BCUT2D eigenvalue weighted by Crippen LogP contribution is 2.33. The zero-order valence-electron chi connectivity index (χ0n) is 21.8. The first-order valence-electron chi connectivity index (χ1n) is 12.7. The van der Waals surface area contributed by atoms with E-state index in [0.29, 0.717) is 34.0 Å². The van der Waals surface area contributed by atoms with Gasteiger partial charge >= 0.3 is 0 Å². The molecule has 0 bridgehead atoms. The summed E-state index contributed by atoms with van der Waals surface area (Å²) >= 11 is 0. The van der Waals surface area contributed by atoms with Gasteiger partial charge in [0.15, 0.2) is 5.88 Å². The number of aliphatic imine (C=N–C) groups is 1. The first kappa shape index (κ1) is 26.1. The van der Waals surface area contributed by atoms with Crippen molar-refractivity contribution >= 4 is 28.0 Å². The third-order valence-electron chi connectivity index (χ3n) is 6.09. The van der Waals surface area contributed by atoms with E-state index in [9.17, 15) is 15.2 Å². The Kier molecular flexibility index (Phi) is 8.04. The predicted molar refractivity (Wildman–Crippen MR) is 150 cm³/mol. The van der Waals surface area contributed by atoms with Crippen molar-refractivity contribution in [2.45, 2.75) is 34.2 Å². The third-order valence-corrected chi connectivity index (χ3v) is 6.09. The van der Waals surface area contributed by atoms with Crippen LogP contribution in [0.3, 0.4) is 0 Å². The van der Waals surface area contributed by atoms with Gasteiger partial charge < -0.3 is 10.1 Å². The summed E-state index contributed by atoms with van der Waals surface area (Å²) in [5, 5.41) is 22.8. The molecule has 3 aromatic carbocycles. The monoisotopic (exact) mass is 498 g/mol. The molecule has 0 spiro atoms. The van der Waals surface area contributed by atoms with Crippen LogP contribution in [0.15, 0.2) is 77.8 Å². The number of fused-ring (bicyclic) bond motifs is 1. The molecular weight excluding hydrogens is 464 g/mol. The van der Waals surface area contributed by atoms with Crippen molar-refractivity contribution in [1.82, 2.24) is 9.88 Å². The SMILES string of the molecule is CC(C)CN(Cc1ccc(N=C(c2ccccc2)c2c(O)[nH]c3ccc([N+](=O)[O-])cc23)cc1)CC(C)C. The summed E-state index contributed by atoms with van der Waals surface area (Å²) in [4.78, 5) is 21.3. The molecule has 7 nitrogen and oxygen atoms in total. The first-order chi connectivity index (χ1) is 17.7. The molecule has 0 saturated heterocycles. The maximum absolute atomic E-state index is 11.4. The molecule has 0 amide bonds. The highest BCUT2D eigenvalue weighted by Gasteiger charge is 2.21. The molecule has 0 saturated carbocycles. The van der Waals surface area contributed by atoms with Crippen LogP contribution in [-0.2, 0) is 6.54 Å². The van der Waals surface area contributed by atoms with Gasteiger partial charge in [0.1, 0.15) is 0 Å². The third kappa shape index (κ3) is 6.43. The fourth-order valence-corrected chi connectivity index (χ4v) is 4.68. The van der Waals surface area contributed by atoms with E-state index in [1.54, 1.807) is 6.07 Å². The Morgan fingerprint density at radius 3 is 2.22 bits per heavy atom. The van der Waals surface area contributed by atoms with Crippen LogP contribution in [0.2, 0.25) is 0 Å². The molecule has 7 heteroatoms. The molecule has 1 heterocycles. The van der Waals surface area contributed by atoms with Crippen LogP contribution in [0.4, 0.5) is 11.4 Å². The van der Waals surface area contributed by atoms with Crippen LogP contribution in [0.25, 0.3) is 10.9 Å². The topological polar surface area (TPSA) is 94.8 Å². The first-order valence-corrected chi connectivity index (χ1v) is 12.7. The van der Waals surface area contributed by atoms with Gasteiger partial charge in [-0.05, 0) is 35.6 Å². The molecule has 37 heavy (non-hydrogen) atoms. The molecule has 0 aliphatic carbocycles. The number of hydrogen-bond acceptors (Lipinski definition) is 5. The fourth-order valence-electron chi connectivity index (χ4n) is 4.68. The van der Waals surface area contributed by atoms with E-state index in [1.807, 2.05) is 42.5 Å². The second-order valence-corrected chi connectivity index (χ2v) is 10.3. The van der Waals surface area contributed by atoms with Gasteiger partial charge in [-0.2, -0.15) is 0 Å². The molecule has 0 aliphatic rings. The number of nitro benzene ring substituents is 1. The molecule has 4 aromatic rings. The Hall–Kier alpha value is -3.97.